The second kappa shape index (κ2) is 6.18. The molecule has 1 aliphatic heterocycles. The minimum atomic E-state index is -0.350. The standard InChI is InChI=1S/C31H18OS/c1-3-11-23-19(9-1)21-17-22-20-10-2-6-14-27(20)32-28(22)18-26(21)31(23)24-12-4-7-15-29(24)33-30-16-8-5-13-25(30)31/h1-18H. The van der Waals surface area contributed by atoms with Gasteiger partial charge in [-0.05, 0) is 63.7 Å². The zero-order valence-corrected chi connectivity index (χ0v) is 18.5. The van der Waals surface area contributed by atoms with Gasteiger partial charge in [0.05, 0.1) is 5.41 Å². The molecule has 1 spiro atoms. The topological polar surface area (TPSA) is 13.1 Å². The van der Waals surface area contributed by atoms with Crippen LogP contribution in [-0.2, 0) is 5.41 Å². The highest BCUT2D eigenvalue weighted by molar-refractivity contribution is 7.99. The molecule has 0 bridgehead atoms. The molecule has 154 valence electrons. The van der Waals surface area contributed by atoms with Crippen LogP contribution in [0, 0.1) is 0 Å². The average molecular weight is 439 g/mol. The summed E-state index contributed by atoms with van der Waals surface area (Å²) in [4.78, 5) is 2.65. The van der Waals surface area contributed by atoms with E-state index in [-0.39, 0.29) is 5.41 Å². The zero-order chi connectivity index (χ0) is 21.6. The number of rotatable bonds is 0. The SMILES string of the molecule is c1ccc2c(c1)Sc1ccccc1C21c2ccccc2-c2cc3c(cc21)oc1ccccc13. The summed E-state index contributed by atoms with van der Waals surface area (Å²) in [5.74, 6) is 0. The number of hydrogen-bond acceptors (Lipinski definition) is 2. The highest BCUT2D eigenvalue weighted by Gasteiger charge is 2.50. The molecule has 1 nitrogen and oxygen atoms in total. The molecule has 0 N–H and O–H groups in total. The lowest BCUT2D eigenvalue weighted by molar-refractivity contribution is 0.664. The van der Waals surface area contributed by atoms with Crippen molar-refractivity contribution in [1.82, 2.24) is 0 Å². The lowest BCUT2D eigenvalue weighted by Gasteiger charge is -2.39. The fourth-order valence-corrected chi connectivity index (χ4v) is 7.26. The van der Waals surface area contributed by atoms with Gasteiger partial charge in [0.15, 0.2) is 0 Å². The molecule has 0 radical (unpaired) electrons. The van der Waals surface area contributed by atoms with Crippen LogP contribution >= 0.6 is 11.8 Å². The van der Waals surface area contributed by atoms with Crippen molar-refractivity contribution in [2.24, 2.45) is 0 Å². The normalized spacial score (nSPS) is 14.8. The molecule has 0 saturated heterocycles. The Bertz CT molecular complexity index is 1710. The number of hydrogen-bond donors (Lipinski definition) is 0. The molecule has 6 aromatic rings. The van der Waals surface area contributed by atoms with Gasteiger partial charge in [0.25, 0.3) is 0 Å². The van der Waals surface area contributed by atoms with Gasteiger partial charge in [-0.3, -0.25) is 0 Å². The Morgan fingerprint density at radius 3 is 1.91 bits per heavy atom. The van der Waals surface area contributed by atoms with Crippen LogP contribution in [0.25, 0.3) is 33.1 Å². The van der Waals surface area contributed by atoms with Crippen molar-refractivity contribution in [1.29, 1.82) is 0 Å². The maximum absolute atomic E-state index is 6.38. The molecule has 1 aromatic heterocycles. The van der Waals surface area contributed by atoms with Gasteiger partial charge in [-0.2, -0.15) is 0 Å². The van der Waals surface area contributed by atoms with Crippen molar-refractivity contribution in [3.8, 4) is 11.1 Å². The zero-order valence-electron chi connectivity index (χ0n) is 17.7. The van der Waals surface area contributed by atoms with Gasteiger partial charge in [0, 0.05) is 20.6 Å². The molecule has 0 fully saturated rings. The van der Waals surface area contributed by atoms with E-state index in [0.717, 1.165) is 11.2 Å². The van der Waals surface area contributed by atoms with E-state index in [9.17, 15) is 0 Å². The van der Waals surface area contributed by atoms with E-state index >= 15 is 0 Å². The molecule has 0 unspecified atom stereocenters. The lowest BCUT2D eigenvalue weighted by atomic mass is 9.67. The summed E-state index contributed by atoms with van der Waals surface area (Å²) >= 11 is 1.88. The number of fused-ring (bicyclic) bond motifs is 12. The minimum absolute atomic E-state index is 0.350. The van der Waals surface area contributed by atoms with E-state index in [1.807, 2.05) is 17.8 Å². The monoisotopic (exact) mass is 438 g/mol. The van der Waals surface area contributed by atoms with Crippen LogP contribution in [0.4, 0.5) is 0 Å². The van der Waals surface area contributed by atoms with Gasteiger partial charge < -0.3 is 4.42 Å². The second-order valence-electron chi connectivity index (χ2n) is 8.88. The van der Waals surface area contributed by atoms with E-state index in [1.54, 1.807) is 0 Å². The fraction of sp³-hybridized carbons (Fsp3) is 0.0323. The third kappa shape index (κ3) is 2.10. The molecular weight excluding hydrogens is 420 g/mol. The summed E-state index contributed by atoms with van der Waals surface area (Å²) in [5, 5.41) is 2.36. The molecule has 0 amide bonds. The molecule has 0 saturated carbocycles. The molecule has 0 atom stereocenters. The summed E-state index contributed by atoms with van der Waals surface area (Å²) in [6.45, 7) is 0. The van der Waals surface area contributed by atoms with E-state index in [4.69, 9.17) is 4.42 Å². The second-order valence-corrected chi connectivity index (χ2v) is 9.97. The molecular formula is C31H18OS. The van der Waals surface area contributed by atoms with Gasteiger partial charge in [-0.1, -0.05) is 90.6 Å². The van der Waals surface area contributed by atoms with E-state index in [0.29, 0.717) is 0 Å². The molecule has 2 heteroatoms. The van der Waals surface area contributed by atoms with Crippen molar-refractivity contribution < 1.29 is 4.42 Å². The summed E-state index contributed by atoms with van der Waals surface area (Å²) in [6.07, 6.45) is 0. The molecule has 5 aromatic carbocycles. The molecule has 2 aliphatic rings. The van der Waals surface area contributed by atoms with Crippen LogP contribution in [-0.4, -0.2) is 0 Å². The van der Waals surface area contributed by atoms with Gasteiger partial charge in [-0.25, -0.2) is 0 Å². The first-order chi connectivity index (χ1) is 16.4. The Hall–Kier alpha value is -3.75. The number of furan rings is 1. The van der Waals surface area contributed by atoms with E-state index < -0.39 is 0 Å². The average Bonchev–Trinajstić information content (AvgIpc) is 3.37. The van der Waals surface area contributed by atoms with Gasteiger partial charge >= 0.3 is 0 Å². The molecule has 33 heavy (non-hydrogen) atoms. The third-order valence-electron chi connectivity index (χ3n) is 7.34. The molecule has 1 aliphatic carbocycles. The Morgan fingerprint density at radius 1 is 0.485 bits per heavy atom. The first kappa shape index (κ1) is 17.8. The summed E-state index contributed by atoms with van der Waals surface area (Å²) < 4.78 is 6.38. The third-order valence-corrected chi connectivity index (χ3v) is 8.50. The van der Waals surface area contributed by atoms with E-state index in [1.165, 1.54) is 53.9 Å². The highest BCUT2D eigenvalue weighted by Crippen LogP contribution is 2.62. The first-order valence-corrected chi connectivity index (χ1v) is 12.1. The van der Waals surface area contributed by atoms with Crippen LogP contribution in [0.15, 0.2) is 123 Å². The van der Waals surface area contributed by atoms with Gasteiger partial charge in [0.2, 0.25) is 0 Å². The van der Waals surface area contributed by atoms with Crippen molar-refractivity contribution in [3.63, 3.8) is 0 Å². The minimum Gasteiger partial charge on any atom is -0.456 e. The Balaban J connectivity index is 1.60. The Morgan fingerprint density at radius 2 is 1.12 bits per heavy atom. The molecule has 8 rings (SSSR count). The summed E-state index contributed by atoms with van der Waals surface area (Å²) in [7, 11) is 0. The lowest BCUT2D eigenvalue weighted by Crippen LogP contribution is -2.31. The predicted molar refractivity (Wildman–Crippen MR) is 135 cm³/mol. The van der Waals surface area contributed by atoms with Crippen LogP contribution in [0.3, 0.4) is 0 Å². The van der Waals surface area contributed by atoms with Crippen molar-refractivity contribution >= 4 is 33.7 Å². The number of benzene rings is 5. The number of para-hydroxylation sites is 1. The van der Waals surface area contributed by atoms with E-state index in [2.05, 4.69) is 103 Å². The van der Waals surface area contributed by atoms with Gasteiger partial charge in [-0.15, -0.1) is 0 Å². The maximum Gasteiger partial charge on any atom is 0.135 e. The first-order valence-electron chi connectivity index (χ1n) is 11.3. The highest BCUT2D eigenvalue weighted by atomic mass is 32.2. The predicted octanol–water partition coefficient (Wildman–Crippen LogP) is 8.41. The quantitative estimate of drug-likeness (QED) is 0.236. The van der Waals surface area contributed by atoms with Crippen LogP contribution < -0.4 is 0 Å². The maximum atomic E-state index is 6.38. The van der Waals surface area contributed by atoms with Crippen molar-refractivity contribution in [2.75, 3.05) is 0 Å². The smallest absolute Gasteiger partial charge is 0.135 e. The fourth-order valence-electron chi connectivity index (χ4n) is 6.07. The summed E-state index contributed by atoms with van der Waals surface area (Å²) in [5.41, 5.74) is 9.56. The summed E-state index contributed by atoms with van der Waals surface area (Å²) in [6, 6.07) is 39.8. The van der Waals surface area contributed by atoms with Crippen molar-refractivity contribution in [3.05, 3.63) is 131 Å². The Kier molecular flexibility index (Phi) is 3.33. The van der Waals surface area contributed by atoms with Crippen LogP contribution in [0.5, 0.6) is 0 Å². The van der Waals surface area contributed by atoms with Gasteiger partial charge in [0.1, 0.15) is 11.2 Å². The van der Waals surface area contributed by atoms with Crippen LogP contribution in [0.2, 0.25) is 0 Å². The largest absolute Gasteiger partial charge is 0.456 e. The van der Waals surface area contributed by atoms with Crippen molar-refractivity contribution in [2.45, 2.75) is 15.2 Å². The Labute approximate surface area is 195 Å². The van der Waals surface area contributed by atoms with Crippen LogP contribution in [0.1, 0.15) is 22.3 Å². The molecule has 2 heterocycles.